The second kappa shape index (κ2) is 4.86. The van der Waals surface area contributed by atoms with Crippen LogP contribution in [0.1, 0.15) is 5.56 Å². The lowest BCUT2D eigenvalue weighted by Crippen LogP contribution is -2.17. The molecule has 0 fully saturated rings. The third-order valence-corrected chi connectivity index (χ3v) is 3.12. The van der Waals surface area contributed by atoms with Crippen molar-refractivity contribution in [3.8, 4) is 11.5 Å². The van der Waals surface area contributed by atoms with Crippen molar-refractivity contribution in [2.75, 3.05) is 25.7 Å². The molecule has 1 aliphatic rings. The summed E-state index contributed by atoms with van der Waals surface area (Å²) < 4.78 is 11.0. The van der Waals surface area contributed by atoms with Gasteiger partial charge in [-0.25, -0.2) is 0 Å². The summed E-state index contributed by atoms with van der Waals surface area (Å²) in [5, 5.41) is 0. The minimum atomic E-state index is 0.644. The summed E-state index contributed by atoms with van der Waals surface area (Å²) in [7, 11) is 2.06. The second-order valence-electron chi connectivity index (χ2n) is 3.61. The van der Waals surface area contributed by atoms with Crippen LogP contribution < -0.4 is 9.47 Å². The number of hydrogen-bond donors (Lipinski definition) is 0. The number of nitrogens with zero attached hydrogens (tertiary/aromatic N) is 1. The first kappa shape index (κ1) is 10.8. The first-order valence-electron chi connectivity index (χ1n) is 4.92. The molecule has 0 N–H and O–H groups in total. The fourth-order valence-electron chi connectivity index (χ4n) is 1.54. The first-order chi connectivity index (χ1) is 7.29. The van der Waals surface area contributed by atoms with E-state index in [2.05, 4.69) is 33.9 Å². The summed E-state index contributed by atoms with van der Waals surface area (Å²) >= 11 is 3.42. The highest BCUT2D eigenvalue weighted by Gasteiger charge is 2.11. The Hall–Kier alpha value is -0.740. The number of hydrogen-bond acceptors (Lipinski definition) is 3. The molecule has 0 saturated heterocycles. The van der Waals surface area contributed by atoms with E-state index in [1.165, 1.54) is 5.56 Å². The number of rotatable bonds is 3. The van der Waals surface area contributed by atoms with E-state index in [0.717, 1.165) is 23.5 Å². The Bertz CT molecular complexity index is 343. The van der Waals surface area contributed by atoms with Crippen LogP contribution in [0, 0.1) is 0 Å². The standard InChI is InChI=1S/C11H14BrNO2/c1-13(8-12)7-9-2-3-10-11(6-9)15-5-4-14-10/h2-3,6H,4-5,7-8H2,1H3. The quantitative estimate of drug-likeness (QED) is 0.622. The van der Waals surface area contributed by atoms with Gasteiger partial charge in [0.2, 0.25) is 0 Å². The zero-order chi connectivity index (χ0) is 10.7. The van der Waals surface area contributed by atoms with Crippen molar-refractivity contribution in [2.24, 2.45) is 0 Å². The Morgan fingerprint density at radius 3 is 2.73 bits per heavy atom. The van der Waals surface area contributed by atoms with Crippen LogP contribution >= 0.6 is 15.9 Å². The Morgan fingerprint density at radius 1 is 1.27 bits per heavy atom. The number of halogens is 1. The van der Waals surface area contributed by atoms with E-state index >= 15 is 0 Å². The average molecular weight is 272 g/mol. The van der Waals surface area contributed by atoms with Gasteiger partial charge in [0.15, 0.2) is 11.5 Å². The Balaban J connectivity index is 2.13. The van der Waals surface area contributed by atoms with Crippen LogP contribution in [-0.2, 0) is 6.54 Å². The molecule has 4 heteroatoms. The van der Waals surface area contributed by atoms with Crippen molar-refractivity contribution in [3.63, 3.8) is 0 Å². The third kappa shape index (κ3) is 2.63. The van der Waals surface area contributed by atoms with Gasteiger partial charge in [-0.2, -0.15) is 0 Å². The predicted octanol–water partition coefficient (Wildman–Crippen LogP) is 2.24. The molecule has 15 heavy (non-hydrogen) atoms. The molecule has 1 aliphatic heterocycles. The van der Waals surface area contributed by atoms with Crippen LogP contribution in [0.2, 0.25) is 0 Å². The van der Waals surface area contributed by atoms with E-state index in [4.69, 9.17) is 9.47 Å². The topological polar surface area (TPSA) is 21.7 Å². The monoisotopic (exact) mass is 271 g/mol. The van der Waals surface area contributed by atoms with E-state index in [9.17, 15) is 0 Å². The molecule has 0 saturated carbocycles. The molecular weight excluding hydrogens is 258 g/mol. The van der Waals surface area contributed by atoms with E-state index < -0.39 is 0 Å². The maximum absolute atomic E-state index is 5.52. The van der Waals surface area contributed by atoms with E-state index in [1.807, 2.05) is 12.1 Å². The van der Waals surface area contributed by atoms with Crippen LogP contribution in [0.15, 0.2) is 18.2 Å². The Morgan fingerprint density at radius 2 is 2.00 bits per heavy atom. The highest BCUT2D eigenvalue weighted by atomic mass is 79.9. The van der Waals surface area contributed by atoms with Crippen molar-refractivity contribution in [2.45, 2.75) is 6.54 Å². The molecule has 82 valence electrons. The van der Waals surface area contributed by atoms with Crippen LogP contribution in [0.3, 0.4) is 0 Å². The third-order valence-electron chi connectivity index (χ3n) is 2.26. The molecule has 0 spiro atoms. The smallest absolute Gasteiger partial charge is 0.161 e. The Kier molecular flexibility index (Phi) is 3.49. The van der Waals surface area contributed by atoms with Gasteiger partial charge in [0.05, 0.1) is 5.45 Å². The van der Waals surface area contributed by atoms with Gasteiger partial charge in [-0.1, -0.05) is 22.0 Å². The maximum atomic E-state index is 5.52. The predicted molar refractivity (Wildman–Crippen MR) is 62.7 cm³/mol. The van der Waals surface area contributed by atoms with Gasteiger partial charge in [-0.05, 0) is 24.7 Å². The molecule has 0 bridgehead atoms. The normalized spacial score (nSPS) is 14.3. The van der Waals surface area contributed by atoms with Gasteiger partial charge in [0.25, 0.3) is 0 Å². The summed E-state index contributed by atoms with van der Waals surface area (Å²) in [6.07, 6.45) is 0. The molecule has 0 atom stereocenters. The number of fused-ring (bicyclic) bond motifs is 1. The number of alkyl halides is 1. The lowest BCUT2D eigenvalue weighted by atomic mass is 10.2. The number of benzene rings is 1. The zero-order valence-corrected chi connectivity index (χ0v) is 10.3. The van der Waals surface area contributed by atoms with Gasteiger partial charge < -0.3 is 9.47 Å². The van der Waals surface area contributed by atoms with E-state index in [0.29, 0.717) is 13.2 Å². The molecular formula is C11H14BrNO2. The molecule has 0 radical (unpaired) electrons. The van der Waals surface area contributed by atoms with Crippen LogP contribution in [0.25, 0.3) is 0 Å². The lowest BCUT2D eigenvalue weighted by molar-refractivity contribution is 0.171. The molecule has 0 aliphatic carbocycles. The van der Waals surface area contributed by atoms with Crippen molar-refractivity contribution in [1.82, 2.24) is 4.90 Å². The van der Waals surface area contributed by atoms with Crippen molar-refractivity contribution < 1.29 is 9.47 Å². The minimum absolute atomic E-state index is 0.644. The van der Waals surface area contributed by atoms with Crippen LogP contribution in [0.4, 0.5) is 0 Å². The fourth-order valence-corrected chi connectivity index (χ4v) is 1.72. The molecule has 1 heterocycles. The molecule has 0 aromatic heterocycles. The van der Waals surface area contributed by atoms with Crippen molar-refractivity contribution >= 4 is 15.9 Å². The summed E-state index contributed by atoms with van der Waals surface area (Å²) in [4.78, 5) is 2.17. The maximum Gasteiger partial charge on any atom is 0.161 e. The van der Waals surface area contributed by atoms with E-state index in [1.54, 1.807) is 0 Å². The van der Waals surface area contributed by atoms with Crippen molar-refractivity contribution in [1.29, 1.82) is 0 Å². The molecule has 1 aromatic rings. The molecule has 0 unspecified atom stereocenters. The highest BCUT2D eigenvalue weighted by molar-refractivity contribution is 9.09. The zero-order valence-electron chi connectivity index (χ0n) is 8.70. The molecule has 3 nitrogen and oxygen atoms in total. The second-order valence-corrected chi connectivity index (χ2v) is 4.11. The van der Waals surface area contributed by atoms with Crippen LogP contribution in [0.5, 0.6) is 11.5 Å². The highest BCUT2D eigenvalue weighted by Crippen LogP contribution is 2.30. The summed E-state index contributed by atoms with van der Waals surface area (Å²) in [5.41, 5.74) is 2.10. The summed E-state index contributed by atoms with van der Waals surface area (Å²) in [6.45, 7) is 2.19. The van der Waals surface area contributed by atoms with Gasteiger partial charge in [0.1, 0.15) is 13.2 Å². The van der Waals surface area contributed by atoms with Crippen LogP contribution in [-0.4, -0.2) is 30.6 Å². The van der Waals surface area contributed by atoms with Gasteiger partial charge in [-0.15, -0.1) is 0 Å². The number of ether oxygens (including phenoxy) is 2. The first-order valence-corrected chi connectivity index (χ1v) is 6.05. The Labute approximate surface area is 98.1 Å². The van der Waals surface area contributed by atoms with Gasteiger partial charge in [-0.3, -0.25) is 4.90 Å². The summed E-state index contributed by atoms with van der Waals surface area (Å²) in [5.74, 6) is 1.72. The largest absolute Gasteiger partial charge is 0.486 e. The molecule has 2 rings (SSSR count). The van der Waals surface area contributed by atoms with Gasteiger partial charge >= 0.3 is 0 Å². The SMILES string of the molecule is CN(CBr)Cc1ccc2c(c1)OCCO2. The summed E-state index contributed by atoms with van der Waals surface area (Å²) in [6, 6.07) is 6.10. The fraction of sp³-hybridized carbons (Fsp3) is 0.455. The minimum Gasteiger partial charge on any atom is -0.486 e. The van der Waals surface area contributed by atoms with Crippen molar-refractivity contribution in [3.05, 3.63) is 23.8 Å². The van der Waals surface area contributed by atoms with Gasteiger partial charge in [0, 0.05) is 6.54 Å². The average Bonchev–Trinajstić information content (AvgIpc) is 2.29. The molecule has 0 amide bonds. The molecule has 1 aromatic carbocycles. The lowest BCUT2D eigenvalue weighted by Gasteiger charge is -2.20. The van der Waals surface area contributed by atoms with E-state index in [-0.39, 0.29) is 0 Å².